The lowest BCUT2D eigenvalue weighted by molar-refractivity contribution is 0.0600. The lowest BCUT2D eigenvalue weighted by Crippen LogP contribution is -2.00. The molecule has 1 rings (SSSR count). The van der Waals surface area contributed by atoms with Gasteiger partial charge < -0.3 is 9.84 Å². The predicted octanol–water partition coefficient (Wildman–Crippen LogP) is 1.87. The summed E-state index contributed by atoms with van der Waals surface area (Å²) in [6.07, 6.45) is 3.00. The Kier molecular flexibility index (Phi) is 4.06. The third-order valence-electron chi connectivity index (χ3n) is 1.90. The van der Waals surface area contributed by atoms with Gasteiger partial charge in [0.15, 0.2) is 0 Å². The molecule has 0 heterocycles. The van der Waals surface area contributed by atoms with E-state index in [2.05, 4.69) is 4.74 Å². The smallest absolute Gasteiger partial charge is 0.337 e. The normalized spacial score (nSPS) is 12.7. The molecule has 80 valence electrons. The van der Waals surface area contributed by atoms with Crippen LogP contribution in [-0.4, -0.2) is 24.3 Å². The number of aliphatic hydroxyl groups is 1. The molecule has 0 aliphatic rings. The molecule has 0 aliphatic heterocycles. The average Bonchev–Trinajstić information content (AvgIpc) is 2.26. The van der Waals surface area contributed by atoms with Crippen LogP contribution in [0.4, 0.5) is 0 Å². The van der Waals surface area contributed by atoms with Gasteiger partial charge in [0.05, 0.1) is 18.8 Å². The number of benzene rings is 1. The second kappa shape index (κ2) is 5.32. The molecular formula is C12H14O3. The van der Waals surface area contributed by atoms with Gasteiger partial charge in [0.1, 0.15) is 0 Å². The van der Waals surface area contributed by atoms with Gasteiger partial charge in [-0.25, -0.2) is 4.79 Å². The van der Waals surface area contributed by atoms with Crippen molar-refractivity contribution in [3.05, 3.63) is 41.5 Å². The molecule has 3 nitrogen and oxygen atoms in total. The molecule has 0 aromatic heterocycles. The Hall–Kier alpha value is -1.61. The third kappa shape index (κ3) is 3.56. The van der Waals surface area contributed by atoms with E-state index in [4.69, 9.17) is 5.11 Å². The molecule has 15 heavy (non-hydrogen) atoms. The summed E-state index contributed by atoms with van der Waals surface area (Å²) in [5.41, 5.74) is 1.45. The molecular weight excluding hydrogens is 192 g/mol. The molecule has 1 atom stereocenters. The highest BCUT2D eigenvalue weighted by atomic mass is 16.5. The van der Waals surface area contributed by atoms with Crippen molar-refractivity contribution in [2.24, 2.45) is 0 Å². The predicted molar refractivity (Wildman–Crippen MR) is 58.5 cm³/mol. The standard InChI is InChI=1S/C12H14O3/c1-9(13)3-4-10-5-7-11(8-6-10)12(14)15-2/h3-9,13H,1-2H3/b4-3+/t9-/m0/s1. The van der Waals surface area contributed by atoms with Crippen LogP contribution < -0.4 is 0 Å². The van der Waals surface area contributed by atoms with Gasteiger partial charge in [-0.1, -0.05) is 24.3 Å². The summed E-state index contributed by atoms with van der Waals surface area (Å²) >= 11 is 0. The highest BCUT2D eigenvalue weighted by Crippen LogP contribution is 2.07. The van der Waals surface area contributed by atoms with Crippen molar-refractivity contribution in [2.75, 3.05) is 7.11 Å². The molecule has 0 radical (unpaired) electrons. The van der Waals surface area contributed by atoms with Crippen molar-refractivity contribution in [3.63, 3.8) is 0 Å². The minimum Gasteiger partial charge on any atom is -0.465 e. The molecule has 0 amide bonds. The second-order valence-electron chi connectivity index (χ2n) is 3.21. The van der Waals surface area contributed by atoms with Crippen LogP contribution >= 0.6 is 0 Å². The van der Waals surface area contributed by atoms with Gasteiger partial charge >= 0.3 is 5.97 Å². The zero-order valence-electron chi connectivity index (χ0n) is 8.81. The van der Waals surface area contributed by atoms with E-state index in [0.717, 1.165) is 5.56 Å². The Labute approximate surface area is 89.0 Å². The summed E-state index contributed by atoms with van der Waals surface area (Å²) in [5.74, 6) is -0.346. The summed E-state index contributed by atoms with van der Waals surface area (Å²) in [6, 6.07) is 6.97. The SMILES string of the molecule is COC(=O)c1ccc(/C=C/[C@H](C)O)cc1. The van der Waals surface area contributed by atoms with Crippen molar-refractivity contribution in [1.82, 2.24) is 0 Å². The largest absolute Gasteiger partial charge is 0.465 e. The van der Waals surface area contributed by atoms with Crippen molar-refractivity contribution < 1.29 is 14.6 Å². The Bertz CT molecular complexity index is 350. The molecule has 0 spiro atoms. The minimum atomic E-state index is -0.467. The van der Waals surface area contributed by atoms with E-state index in [-0.39, 0.29) is 5.97 Å². The second-order valence-corrected chi connectivity index (χ2v) is 3.21. The zero-order valence-corrected chi connectivity index (χ0v) is 8.81. The van der Waals surface area contributed by atoms with Crippen LogP contribution in [0.25, 0.3) is 6.08 Å². The Morgan fingerprint density at radius 3 is 2.47 bits per heavy atom. The molecule has 0 saturated carbocycles. The summed E-state index contributed by atoms with van der Waals surface area (Å²) in [7, 11) is 1.35. The van der Waals surface area contributed by atoms with E-state index < -0.39 is 6.10 Å². The van der Waals surface area contributed by atoms with E-state index in [1.54, 1.807) is 43.3 Å². The maximum Gasteiger partial charge on any atom is 0.337 e. The number of hydrogen-bond acceptors (Lipinski definition) is 3. The quantitative estimate of drug-likeness (QED) is 0.768. The Balaban J connectivity index is 2.77. The molecule has 0 unspecified atom stereocenters. The zero-order chi connectivity index (χ0) is 11.3. The van der Waals surface area contributed by atoms with Gasteiger partial charge in [-0.2, -0.15) is 0 Å². The highest BCUT2D eigenvalue weighted by molar-refractivity contribution is 5.89. The summed E-state index contributed by atoms with van der Waals surface area (Å²) in [4.78, 5) is 11.1. The number of rotatable bonds is 3. The van der Waals surface area contributed by atoms with Gasteiger partial charge in [0.25, 0.3) is 0 Å². The first-order chi connectivity index (χ1) is 7.13. The van der Waals surface area contributed by atoms with Crippen molar-refractivity contribution in [1.29, 1.82) is 0 Å². The van der Waals surface area contributed by atoms with Crippen molar-refractivity contribution >= 4 is 12.0 Å². The Morgan fingerprint density at radius 1 is 1.40 bits per heavy atom. The monoisotopic (exact) mass is 206 g/mol. The van der Waals surface area contributed by atoms with E-state index >= 15 is 0 Å². The first-order valence-electron chi connectivity index (χ1n) is 4.68. The number of aliphatic hydroxyl groups excluding tert-OH is 1. The molecule has 0 aliphatic carbocycles. The van der Waals surface area contributed by atoms with Crippen LogP contribution in [0.1, 0.15) is 22.8 Å². The van der Waals surface area contributed by atoms with E-state index in [1.807, 2.05) is 0 Å². The fourth-order valence-electron chi connectivity index (χ4n) is 1.10. The van der Waals surface area contributed by atoms with Crippen LogP contribution in [0.15, 0.2) is 30.3 Å². The summed E-state index contributed by atoms with van der Waals surface area (Å²) in [6.45, 7) is 1.68. The van der Waals surface area contributed by atoms with Crippen molar-refractivity contribution in [3.8, 4) is 0 Å². The van der Waals surface area contributed by atoms with Gasteiger partial charge in [0, 0.05) is 0 Å². The summed E-state index contributed by atoms with van der Waals surface area (Å²) in [5, 5.41) is 9.03. The average molecular weight is 206 g/mol. The maximum atomic E-state index is 11.1. The molecule has 0 fully saturated rings. The van der Waals surface area contributed by atoms with Gasteiger partial charge in [-0.05, 0) is 24.6 Å². The first-order valence-corrected chi connectivity index (χ1v) is 4.68. The minimum absolute atomic E-state index is 0.346. The van der Waals surface area contributed by atoms with Gasteiger partial charge in [-0.15, -0.1) is 0 Å². The molecule has 1 N–H and O–H groups in total. The third-order valence-corrected chi connectivity index (χ3v) is 1.90. The number of carbonyl (C=O) groups is 1. The van der Waals surface area contributed by atoms with Crippen LogP contribution in [0.5, 0.6) is 0 Å². The van der Waals surface area contributed by atoms with Gasteiger partial charge in [0.2, 0.25) is 0 Å². The fourth-order valence-corrected chi connectivity index (χ4v) is 1.10. The van der Waals surface area contributed by atoms with Crippen molar-refractivity contribution in [2.45, 2.75) is 13.0 Å². The highest BCUT2D eigenvalue weighted by Gasteiger charge is 2.02. The fraction of sp³-hybridized carbons (Fsp3) is 0.250. The number of carbonyl (C=O) groups excluding carboxylic acids is 1. The van der Waals surface area contributed by atoms with Crippen LogP contribution in [-0.2, 0) is 4.74 Å². The molecule has 3 heteroatoms. The van der Waals surface area contributed by atoms with Crippen LogP contribution in [0.2, 0.25) is 0 Å². The van der Waals surface area contributed by atoms with E-state index in [9.17, 15) is 4.79 Å². The first kappa shape index (κ1) is 11.5. The molecule has 0 bridgehead atoms. The van der Waals surface area contributed by atoms with Gasteiger partial charge in [-0.3, -0.25) is 0 Å². The molecule has 0 saturated heterocycles. The summed E-state index contributed by atoms with van der Waals surface area (Å²) < 4.78 is 4.58. The number of esters is 1. The Morgan fingerprint density at radius 2 is 2.00 bits per heavy atom. The van der Waals surface area contributed by atoms with E-state index in [0.29, 0.717) is 5.56 Å². The number of methoxy groups -OCH3 is 1. The molecule has 1 aromatic carbocycles. The van der Waals surface area contributed by atoms with Crippen LogP contribution in [0.3, 0.4) is 0 Å². The number of hydrogen-bond donors (Lipinski definition) is 1. The lowest BCUT2D eigenvalue weighted by Gasteiger charge is -1.99. The van der Waals surface area contributed by atoms with Crippen LogP contribution in [0, 0.1) is 0 Å². The number of ether oxygens (including phenoxy) is 1. The lowest BCUT2D eigenvalue weighted by atomic mass is 10.1. The van der Waals surface area contributed by atoms with E-state index in [1.165, 1.54) is 7.11 Å². The maximum absolute atomic E-state index is 11.1. The topological polar surface area (TPSA) is 46.5 Å². The molecule has 1 aromatic rings.